The first-order chi connectivity index (χ1) is 8.49. The van der Waals surface area contributed by atoms with Crippen LogP contribution in [0, 0.1) is 10.1 Å². The Bertz CT molecular complexity index is 500. The van der Waals surface area contributed by atoms with Gasteiger partial charge in [0.05, 0.1) is 23.5 Å². The molecule has 0 spiro atoms. The second-order valence-corrected chi connectivity index (χ2v) is 3.77. The molecule has 0 N–H and O–H groups in total. The van der Waals surface area contributed by atoms with Crippen LogP contribution in [0.15, 0.2) is 12.1 Å². The summed E-state index contributed by atoms with van der Waals surface area (Å²) >= 11 is 5.84. The zero-order chi connectivity index (χ0) is 13.7. The lowest BCUT2D eigenvalue weighted by atomic mass is 10.1. The van der Waals surface area contributed by atoms with Crippen molar-refractivity contribution >= 4 is 29.5 Å². The second kappa shape index (κ2) is 6.11. The minimum absolute atomic E-state index is 0.121. The van der Waals surface area contributed by atoms with Crippen molar-refractivity contribution in [1.29, 1.82) is 0 Å². The van der Waals surface area contributed by atoms with E-state index in [-0.39, 0.29) is 34.9 Å². The molecule has 18 heavy (non-hydrogen) atoms. The van der Waals surface area contributed by atoms with Crippen molar-refractivity contribution in [2.75, 3.05) is 6.61 Å². The number of nitro benzene ring substituents is 1. The predicted octanol–water partition coefficient (Wildman–Crippen LogP) is 2.17. The van der Waals surface area contributed by atoms with Crippen LogP contribution in [-0.2, 0) is 16.0 Å². The summed E-state index contributed by atoms with van der Waals surface area (Å²) in [4.78, 5) is 32.0. The van der Waals surface area contributed by atoms with Crippen molar-refractivity contribution in [1.82, 2.24) is 0 Å². The number of nitrogens with zero attached hydrogens (tertiary/aromatic N) is 1. The lowest BCUT2D eigenvalue weighted by Gasteiger charge is -2.05. The van der Waals surface area contributed by atoms with Crippen LogP contribution < -0.4 is 0 Å². The van der Waals surface area contributed by atoms with Crippen LogP contribution in [0.5, 0.6) is 0 Å². The van der Waals surface area contributed by atoms with Crippen molar-refractivity contribution in [3.63, 3.8) is 0 Å². The molecule has 0 aliphatic heterocycles. The summed E-state index contributed by atoms with van der Waals surface area (Å²) in [5, 5.41) is 10.9. The fraction of sp³-hybridized carbons (Fsp3) is 0.273. The van der Waals surface area contributed by atoms with Gasteiger partial charge >= 0.3 is 5.97 Å². The molecule has 0 aliphatic rings. The third-order valence-corrected chi connectivity index (χ3v) is 2.51. The molecule has 6 nitrogen and oxygen atoms in total. The van der Waals surface area contributed by atoms with Crippen LogP contribution >= 0.6 is 11.6 Å². The Balaban J connectivity index is 3.13. The first-order valence-electron chi connectivity index (χ1n) is 5.07. The summed E-state index contributed by atoms with van der Waals surface area (Å²) in [7, 11) is 0. The maximum absolute atomic E-state index is 11.3. The molecule has 0 amide bonds. The van der Waals surface area contributed by atoms with E-state index in [0.29, 0.717) is 6.29 Å². The third kappa shape index (κ3) is 3.27. The van der Waals surface area contributed by atoms with E-state index < -0.39 is 10.9 Å². The Kier molecular flexibility index (Phi) is 4.79. The maximum Gasteiger partial charge on any atom is 0.310 e. The smallest absolute Gasteiger partial charge is 0.310 e. The van der Waals surface area contributed by atoms with Gasteiger partial charge < -0.3 is 4.74 Å². The van der Waals surface area contributed by atoms with Crippen LogP contribution in [0.1, 0.15) is 22.8 Å². The first-order valence-corrected chi connectivity index (χ1v) is 5.45. The number of aldehydes is 1. The average molecular weight is 272 g/mol. The van der Waals surface area contributed by atoms with Crippen molar-refractivity contribution in [2.45, 2.75) is 13.3 Å². The Labute approximate surface area is 108 Å². The number of halogens is 1. The second-order valence-electron chi connectivity index (χ2n) is 3.36. The molecular formula is C11H10ClNO5. The fourth-order valence-corrected chi connectivity index (χ4v) is 1.61. The molecule has 0 saturated carbocycles. The van der Waals surface area contributed by atoms with Crippen LogP contribution in [0.2, 0.25) is 5.02 Å². The largest absolute Gasteiger partial charge is 0.466 e. The zero-order valence-corrected chi connectivity index (χ0v) is 10.3. The summed E-state index contributed by atoms with van der Waals surface area (Å²) in [5.41, 5.74) is -0.251. The SMILES string of the molecule is CCOC(=O)Cc1cc([N+](=O)[O-])c(C=O)cc1Cl. The first kappa shape index (κ1) is 14.1. The number of nitro groups is 1. The lowest BCUT2D eigenvalue weighted by Crippen LogP contribution is -2.08. The van der Waals surface area contributed by atoms with E-state index in [0.717, 1.165) is 6.07 Å². The van der Waals surface area contributed by atoms with Gasteiger partial charge in [0.25, 0.3) is 5.69 Å². The van der Waals surface area contributed by atoms with E-state index in [1.54, 1.807) is 6.92 Å². The summed E-state index contributed by atoms with van der Waals surface area (Å²) in [5.74, 6) is -0.535. The van der Waals surface area contributed by atoms with E-state index >= 15 is 0 Å². The molecule has 1 aromatic carbocycles. The number of rotatable bonds is 5. The van der Waals surface area contributed by atoms with Crippen molar-refractivity contribution in [3.8, 4) is 0 Å². The molecule has 0 bridgehead atoms. The lowest BCUT2D eigenvalue weighted by molar-refractivity contribution is -0.385. The Hall–Kier alpha value is -1.95. The molecule has 1 aromatic rings. The van der Waals surface area contributed by atoms with Gasteiger partial charge in [0, 0.05) is 11.1 Å². The molecule has 1 rings (SSSR count). The van der Waals surface area contributed by atoms with Crippen LogP contribution in [0.25, 0.3) is 0 Å². The standard InChI is InChI=1S/C11H10ClNO5/c1-2-18-11(15)5-7-4-10(13(16)17)8(6-14)3-9(7)12/h3-4,6H,2,5H2,1H3. The fourth-order valence-electron chi connectivity index (χ4n) is 1.38. The molecule has 0 aromatic heterocycles. The minimum Gasteiger partial charge on any atom is -0.466 e. The van der Waals surface area contributed by atoms with Gasteiger partial charge in [0.2, 0.25) is 0 Å². The summed E-state index contributed by atoms with van der Waals surface area (Å²) in [6.45, 7) is 1.86. The number of carbonyl (C=O) groups is 2. The third-order valence-electron chi connectivity index (χ3n) is 2.16. The van der Waals surface area contributed by atoms with Crippen molar-refractivity contribution < 1.29 is 19.2 Å². The molecule has 0 radical (unpaired) electrons. The maximum atomic E-state index is 11.3. The van der Waals surface area contributed by atoms with Gasteiger partial charge in [-0.2, -0.15) is 0 Å². The number of esters is 1. The summed E-state index contributed by atoms with van der Waals surface area (Å²) < 4.78 is 4.72. The van der Waals surface area contributed by atoms with E-state index in [1.807, 2.05) is 0 Å². The normalized spacial score (nSPS) is 9.89. The minimum atomic E-state index is -0.700. The average Bonchev–Trinajstić information content (AvgIpc) is 2.31. The quantitative estimate of drug-likeness (QED) is 0.354. The van der Waals surface area contributed by atoms with Crippen molar-refractivity contribution in [2.24, 2.45) is 0 Å². The van der Waals surface area contributed by atoms with E-state index in [4.69, 9.17) is 16.3 Å². The van der Waals surface area contributed by atoms with Gasteiger partial charge in [-0.1, -0.05) is 11.6 Å². The van der Waals surface area contributed by atoms with E-state index in [9.17, 15) is 19.7 Å². The summed E-state index contributed by atoms with van der Waals surface area (Å²) in [6, 6.07) is 2.28. The Morgan fingerprint density at radius 2 is 2.22 bits per heavy atom. The number of carbonyl (C=O) groups excluding carboxylic acids is 2. The van der Waals surface area contributed by atoms with Crippen LogP contribution in [0.3, 0.4) is 0 Å². The van der Waals surface area contributed by atoms with Crippen LogP contribution in [0.4, 0.5) is 5.69 Å². The van der Waals surface area contributed by atoms with Gasteiger partial charge in [0.15, 0.2) is 6.29 Å². The van der Waals surface area contributed by atoms with Gasteiger partial charge in [-0.15, -0.1) is 0 Å². The molecule has 0 unspecified atom stereocenters. The number of ether oxygens (including phenoxy) is 1. The predicted molar refractivity (Wildman–Crippen MR) is 63.8 cm³/mol. The van der Waals surface area contributed by atoms with E-state index in [2.05, 4.69) is 0 Å². The topological polar surface area (TPSA) is 86.5 Å². The number of benzene rings is 1. The number of hydrogen-bond acceptors (Lipinski definition) is 5. The van der Waals surface area contributed by atoms with Gasteiger partial charge in [0.1, 0.15) is 0 Å². The molecule has 7 heteroatoms. The highest BCUT2D eigenvalue weighted by Gasteiger charge is 2.18. The Morgan fingerprint density at radius 1 is 1.56 bits per heavy atom. The molecule has 0 aliphatic carbocycles. The highest BCUT2D eigenvalue weighted by Crippen LogP contribution is 2.26. The Morgan fingerprint density at radius 3 is 2.72 bits per heavy atom. The zero-order valence-electron chi connectivity index (χ0n) is 9.51. The molecule has 0 atom stereocenters. The molecular weight excluding hydrogens is 262 g/mol. The van der Waals surface area contributed by atoms with Crippen molar-refractivity contribution in [3.05, 3.63) is 38.4 Å². The summed E-state index contributed by atoms with van der Waals surface area (Å²) in [6.07, 6.45) is 0.171. The van der Waals surface area contributed by atoms with Gasteiger partial charge in [-0.05, 0) is 18.6 Å². The molecule has 96 valence electrons. The number of hydrogen-bond donors (Lipinski definition) is 0. The molecule has 0 heterocycles. The van der Waals surface area contributed by atoms with Gasteiger partial charge in [-0.3, -0.25) is 19.7 Å². The highest BCUT2D eigenvalue weighted by atomic mass is 35.5. The molecule has 0 saturated heterocycles. The van der Waals surface area contributed by atoms with Crippen LogP contribution in [-0.4, -0.2) is 23.8 Å². The van der Waals surface area contributed by atoms with Gasteiger partial charge in [-0.25, -0.2) is 0 Å². The monoisotopic (exact) mass is 271 g/mol. The van der Waals surface area contributed by atoms with E-state index in [1.165, 1.54) is 6.07 Å². The molecule has 0 fully saturated rings. The highest BCUT2D eigenvalue weighted by molar-refractivity contribution is 6.32.